The molecule has 1 aromatic heterocycles. The van der Waals surface area contributed by atoms with Crippen molar-refractivity contribution in [1.82, 2.24) is 9.66 Å². The summed E-state index contributed by atoms with van der Waals surface area (Å²) in [7, 11) is 0. The molecule has 0 fully saturated rings. The van der Waals surface area contributed by atoms with E-state index in [1.165, 1.54) is 18.6 Å². The summed E-state index contributed by atoms with van der Waals surface area (Å²) < 4.78 is 1.14. The third kappa shape index (κ3) is 2.51. The molecule has 0 bridgehead atoms. The summed E-state index contributed by atoms with van der Waals surface area (Å²) in [5.74, 6) is -1.10. The van der Waals surface area contributed by atoms with Gasteiger partial charge in [-0.05, 0) is 0 Å². The second-order valence-corrected chi connectivity index (χ2v) is 2.59. The van der Waals surface area contributed by atoms with Crippen molar-refractivity contribution in [3.8, 4) is 0 Å². The normalized spacial score (nSPS) is 11.8. The van der Waals surface area contributed by atoms with Gasteiger partial charge in [-0.2, -0.15) is 0 Å². The van der Waals surface area contributed by atoms with Gasteiger partial charge in [0.15, 0.2) is 0 Å². The van der Waals surface area contributed by atoms with Crippen molar-refractivity contribution in [2.24, 2.45) is 10.8 Å². The van der Waals surface area contributed by atoms with Gasteiger partial charge in [0.05, 0.1) is 11.9 Å². The summed E-state index contributed by atoms with van der Waals surface area (Å²) in [6.07, 6.45) is 4.10. The Morgan fingerprint density at radius 2 is 2.57 bits per heavy atom. The van der Waals surface area contributed by atoms with Gasteiger partial charge in [0, 0.05) is 6.42 Å². The van der Waals surface area contributed by atoms with Crippen molar-refractivity contribution in [3.63, 3.8) is 0 Å². The van der Waals surface area contributed by atoms with Crippen molar-refractivity contribution in [2.45, 2.75) is 12.5 Å². The number of nitrogens with zero attached hydrogens (tertiary/aromatic N) is 3. The molecular formula is C7H8N4O3. The van der Waals surface area contributed by atoms with Crippen LogP contribution in [0.4, 0.5) is 0 Å². The number of rotatable bonds is 4. The highest BCUT2D eigenvalue weighted by atomic mass is 16.4. The Morgan fingerprint density at radius 1 is 1.86 bits per heavy atom. The Morgan fingerprint density at radius 3 is 3.14 bits per heavy atom. The quantitative estimate of drug-likeness (QED) is 0.470. The number of aliphatic carboxylic acids is 1. The van der Waals surface area contributed by atoms with E-state index in [0.29, 0.717) is 5.69 Å². The monoisotopic (exact) mass is 196 g/mol. The maximum absolute atomic E-state index is 10.4. The molecule has 3 N–H and O–H groups in total. The molecule has 0 aromatic carbocycles. The van der Waals surface area contributed by atoms with Crippen LogP contribution in [0.2, 0.25) is 0 Å². The minimum Gasteiger partial charge on any atom is -0.480 e. The summed E-state index contributed by atoms with van der Waals surface area (Å²) >= 11 is 0. The van der Waals surface area contributed by atoms with Gasteiger partial charge in [-0.15, -0.1) is 0 Å². The second kappa shape index (κ2) is 4.31. The number of imidazole rings is 1. The molecule has 1 atom stereocenters. The summed E-state index contributed by atoms with van der Waals surface area (Å²) in [6.45, 7) is 0. The number of hydrogen-bond acceptors (Lipinski definition) is 5. The predicted molar refractivity (Wildman–Crippen MR) is 45.1 cm³/mol. The molecule has 0 aliphatic heterocycles. The lowest BCUT2D eigenvalue weighted by atomic mass is 10.2. The van der Waals surface area contributed by atoms with Crippen LogP contribution in [0.25, 0.3) is 0 Å². The molecule has 1 rings (SSSR count). The van der Waals surface area contributed by atoms with Crippen LogP contribution in [0.15, 0.2) is 17.6 Å². The standard InChI is InChI=1S/C7H8N4O3/c8-6(7(13)14)1-5-2-11(3-9-5)10-4-12/h2-3,6H,1,8H2,(H,13,14)/t6-/m0/s1. The molecule has 14 heavy (non-hydrogen) atoms. The minimum absolute atomic E-state index is 0.0940. The van der Waals surface area contributed by atoms with Crippen LogP contribution in [0.5, 0.6) is 0 Å². The van der Waals surface area contributed by atoms with E-state index in [0.717, 1.165) is 4.68 Å². The zero-order chi connectivity index (χ0) is 10.6. The second-order valence-electron chi connectivity index (χ2n) is 2.59. The Kier molecular flexibility index (Phi) is 3.11. The van der Waals surface area contributed by atoms with Crippen LogP contribution in [-0.2, 0) is 16.0 Å². The molecule has 1 heterocycles. The summed E-state index contributed by atoms with van der Waals surface area (Å²) in [4.78, 5) is 24.0. The first kappa shape index (κ1) is 10.1. The first-order valence-electron chi connectivity index (χ1n) is 3.73. The zero-order valence-electron chi connectivity index (χ0n) is 7.12. The largest absolute Gasteiger partial charge is 0.480 e. The third-order valence-electron chi connectivity index (χ3n) is 1.53. The Labute approximate surface area is 78.9 Å². The molecule has 0 saturated heterocycles. The maximum Gasteiger partial charge on any atom is 0.320 e. The maximum atomic E-state index is 10.4. The van der Waals surface area contributed by atoms with Crippen LogP contribution in [0.3, 0.4) is 0 Å². The summed E-state index contributed by atoms with van der Waals surface area (Å²) in [5.41, 5.74) is 5.73. The molecule has 0 saturated carbocycles. The average Bonchev–Trinajstić information content (AvgIpc) is 2.53. The van der Waals surface area contributed by atoms with E-state index < -0.39 is 12.0 Å². The van der Waals surface area contributed by atoms with Gasteiger partial charge in [-0.25, -0.2) is 14.5 Å². The van der Waals surface area contributed by atoms with E-state index >= 15 is 0 Å². The van der Waals surface area contributed by atoms with Crippen LogP contribution in [0, 0.1) is 0 Å². The van der Waals surface area contributed by atoms with Gasteiger partial charge in [-0.3, -0.25) is 4.79 Å². The molecule has 0 unspecified atom stereocenters. The Balaban J connectivity index is 2.68. The predicted octanol–water partition coefficient (Wildman–Crippen LogP) is -1.06. The molecular weight excluding hydrogens is 188 g/mol. The van der Waals surface area contributed by atoms with Crippen LogP contribution >= 0.6 is 0 Å². The highest BCUT2D eigenvalue weighted by Gasteiger charge is 2.13. The number of hydrogen-bond donors (Lipinski definition) is 2. The molecule has 0 radical (unpaired) electrons. The molecule has 74 valence electrons. The number of carbonyl (C=O) groups excluding carboxylic acids is 1. The molecule has 7 nitrogen and oxygen atoms in total. The number of carboxylic acid groups (broad SMARTS) is 1. The highest BCUT2D eigenvalue weighted by molar-refractivity contribution is 5.73. The van der Waals surface area contributed by atoms with Crippen molar-refractivity contribution in [3.05, 3.63) is 18.2 Å². The van der Waals surface area contributed by atoms with Crippen molar-refractivity contribution >= 4 is 12.0 Å². The van der Waals surface area contributed by atoms with Crippen molar-refractivity contribution in [2.75, 3.05) is 0 Å². The van der Waals surface area contributed by atoms with Crippen molar-refractivity contribution < 1.29 is 14.7 Å². The zero-order valence-corrected chi connectivity index (χ0v) is 7.12. The van der Waals surface area contributed by atoms with E-state index in [-0.39, 0.29) is 6.42 Å². The molecule has 0 aliphatic carbocycles. The lowest BCUT2D eigenvalue weighted by Gasteiger charge is -2.01. The Bertz CT molecular complexity index is 380. The minimum atomic E-state index is -1.10. The van der Waals surface area contributed by atoms with E-state index in [9.17, 15) is 9.59 Å². The molecule has 7 heteroatoms. The summed E-state index contributed by atoms with van der Waals surface area (Å²) in [5, 5.41) is 11.7. The topological polar surface area (TPSA) is 111 Å². The van der Waals surface area contributed by atoms with E-state index in [1.54, 1.807) is 0 Å². The van der Waals surface area contributed by atoms with E-state index in [1.807, 2.05) is 0 Å². The lowest BCUT2D eigenvalue weighted by Crippen LogP contribution is -2.32. The highest BCUT2D eigenvalue weighted by Crippen LogP contribution is 1.99. The lowest BCUT2D eigenvalue weighted by molar-refractivity contribution is -0.138. The fourth-order valence-corrected chi connectivity index (χ4v) is 0.873. The van der Waals surface area contributed by atoms with Crippen molar-refractivity contribution in [1.29, 1.82) is 0 Å². The van der Waals surface area contributed by atoms with Crippen LogP contribution in [0.1, 0.15) is 5.69 Å². The van der Waals surface area contributed by atoms with Gasteiger partial charge in [0.1, 0.15) is 12.4 Å². The van der Waals surface area contributed by atoms with Crippen LogP contribution in [-0.4, -0.2) is 32.9 Å². The Hall–Kier alpha value is -1.98. The molecule has 0 spiro atoms. The fourth-order valence-electron chi connectivity index (χ4n) is 0.873. The van der Waals surface area contributed by atoms with Gasteiger partial charge in [0.2, 0.25) is 0 Å². The SMILES string of the molecule is N[C@@H](Cc1cn(N=C=O)cn1)C(=O)O. The first-order chi connectivity index (χ1) is 6.63. The number of isocyanates is 1. The van der Waals surface area contributed by atoms with Crippen LogP contribution < -0.4 is 5.73 Å². The fraction of sp³-hybridized carbons (Fsp3) is 0.286. The average molecular weight is 196 g/mol. The van der Waals surface area contributed by atoms with Gasteiger partial charge in [-0.1, -0.05) is 5.10 Å². The third-order valence-corrected chi connectivity index (χ3v) is 1.53. The number of carbonyl (C=O) groups is 1. The summed E-state index contributed by atoms with van der Waals surface area (Å²) in [6, 6.07) is -1.00. The smallest absolute Gasteiger partial charge is 0.320 e. The number of carboxylic acids is 1. The number of nitrogens with two attached hydrogens (primary N) is 1. The number of aromatic nitrogens is 2. The van der Waals surface area contributed by atoms with E-state index in [2.05, 4.69) is 10.1 Å². The van der Waals surface area contributed by atoms with Gasteiger partial charge >= 0.3 is 5.97 Å². The molecule has 0 aliphatic rings. The molecule has 0 amide bonds. The molecule has 1 aromatic rings. The van der Waals surface area contributed by atoms with E-state index in [4.69, 9.17) is 10.8 Å². The van der Waals surface area contributed by atoms with Gasteiger partial charge in [0.25, 0.3) is 6.08 Å². The first-order valence-corrected chi connectivity index (χ1v) is 3.73. The van der Waals surface area contributed by atoms with Gasteiger partial charge < -0.3 is 10.8 Å².